The van der Waals surface area contributed by atoms with Crippen LogP contribution in [-0.2, 0) is 0 Å². The van der Waals surface area contributed by atoms with Crippen molar-refractivity contribution < 1.29 is 10.1 Å². The average molecular weight is 243 g/mol. The summed E-state index contributed by atoms with van der Waals surface area (Å²) in [6.07, 6.45) is 3.11. The fraction of sp³-hybridized carbons (Fsp3) is 0. The number of non-ortho nitro benzene ring substituents is 1. The molecule has 2 rings (SSSR count). The van der Waals surface area contributed by atoms with E-state index in [1.54, 1.807) is 24.4 Å². The Morgan fingerprint density at radius 3 is 2.67 bits per heavy atom. The van der Waals surface area contributed by atoms with Crippen molar-refractivity contribution in [2.45, 2.75) is 0 Å². The summed E-state index contributed by atoms with van der Waals surface area (Å²) in [6.45, 7) is 0. The number of aromatic nitrogens is 1. The van der Waals surface area contributed by atoms with Crippen LogP contribution < -0.4 is 0 Å². The van der Waals surface area contributed by atoms with Gasteiger partial charge in [0, 0.05) is 35.7 Å². The van der Waals surface area contributed by atoms with Gasteiger partial charge in [-0.05, 0) is 12.1 Å². The molecule has 0 saturated carbocycles. The molecule has 1 N–H and O–H groups in total. The van der Waals surface area contributed by atoms with Crippen molar-refractivity contribution in [2.24, 2.45) is 5.16 Å². The van der Waals surface area contributed by atoms with E-state index in [2.05, 4.69) is 10.1 Å². The van der Waals surface area contributed by atoms with E-state index in [0.29, 0.717) is 11.1 Å². The maximum absolute atomic E-state index is 10.7. The lowest BCUT2D eigenvalue weighted by molar-refractivity contribution is -0.384. The SMILES string of the molecule is O=[N+]([O-])c1cccc(/C(=N\O)c2cccnc2)c1. The maximum Gasteiger partial charge on any atom is 0.270 e. The molecule has 1 heterocycles. The lowest BCUT2D eigenvalue weighted by Crippen LogP contribution is -2.04. The number of benzene rings is 1. The second-order valence-corrected chi connectivity index (χ2v) is 3.50. The van der Waals surface area contributed by atoms with Gasteiger partial charge in [0.25, 0.3) is 5.69 Å². The number of hydrogen-bond acceptors (Lipinski definition) is 5. The third-order valence-electron chi connectivity index (χ3n) is 2.37. The van der Waals surface area contributed by atoms with Crippen molar-refractivity contribution in [3.8, 4) is 0 Å². The van der Waals surface area contributed by atoms with E-state index < -0.39 is 4.92 Å². The van der Waals surface area contributed by atoms with E-state index >= 15 is 0 Å². The van der Waals surface area contributed by atoms with Crippen LogP contribution >= 0.6 is 0 Å². The molecule has 0 amide bonds. The van der Waals surface area contributed by atoms with E-state index in [1.807, 2.05) is 0 Å². The summed E-state index contributed by atoms with van der Waals surface area (Å²) in [7, 11) is 0. The highest BCUT2D eigenvalue weighted by molar-refractivity contribution is 6.12. The summed E-state index contributed by atoms with van der Waals surface area (Å²) in [6, 6.07) is 9.30. The van der Waals surface area contributed by atoms with Crippen molar-refractivity contribution in [3.05, 3.63) is 70.0 Å². The van der Waals surface area contributed by atoms with Crippen LogP contribution in [-0.4, -0.2) is 20.8 Å². The molecule has 2 aromatic rings. The quantitative estimate of drug-likeness (QED) is 0.387. The Balaban J connectivity index is 2.47. The highest BCUT2D eigenvalue weighted by Crippen LogP contribution is 2.16. The first-order chi connectivity index (χ1) is 8.72. The lowest BCUT2D eigenvalue weighted by Gasteiger charge is -2.03. The van der Waals surface area contributed by atoms with Gasteiger partial charge in [-0.15, -0.1) is 0 Å². The second-order valence-electron chi connectivity index (χ2n) is 3.50. The lowest BCUT2D eigenvalue weighted by atomic mass is 10.0. The minimum Gasteiger partial charge on any atom is -0.410 e. The van der Waals surface area contributed by atoms with Gasteiger partial charge in [0.05, 0.1) is 4.92 Å². The number of nitro benzene ring substituents is 1. The number of rotatable bonds is 3. The van der Waals surface area contributed by atoms with Crippen molar-refractivity contribution in [2.75, 3.05) is 0 Å². The van der Waals surface area contributed by atoms with E-state index in [1.165, 1.54) is 24.4 Å². The molecule has 0 radical (unpaired) electrons. The number of hydrogen-bond donors (Lipinski definition) is 1. The van der Waals surface area contributed by atoms with Gasteiger partial charge >= 0.3 is 0 Å². The fourth-order valence-corrected chi connectivity index (χ4v) is 1.55. The van der Waals surface area contributed by atoms with Gasteiger partial charge in [0.2, 0.25) is 0 Å². The van der Waals surface area contributed by atoms with Gasteiger partial charge in [-0.1, -0.05) is 17.3 Å². The molecular weight excluding hydrogens is 234 g/mol. The van der Waals surface area contributed by atoms with Crippen molar-refractivity contribution >= 4 is 11.4 Å². The van der Waals surface area contributed by atoms with Crippen LogP contribution in [0, 0.1) is 10.1 Å². The van der Waals surface area contributed by atoms with Gasteiger partial charge in [-0.2, -0.15) is 0 Å². The van der Waals surface area contributed by atoms with Gasteiger partial charge in [0.1, 0.15) is 5.71 Å². The zero-order valence-electron chi connectivity index (χ0n) is 9.22. The van der Waals surface area contributed by atoms with Crippen LogP contribution in [0.4, 0.5) is 5.69 Å². The second kappa shape index (κ2) is 5.05. The Labute approximate surface area is 102 Å². The molecule has 0 aliphatic rings. The average Bonchev–Trinajstić information content (AvgIpc) is 2.41. The molecule has 6 heteroatoms. The standard InChI is InChI=1S/C12H9N3O3/c16-14-12(10-4-2-6-13-8-10)9-3-1-5-11(7-9)15(17)18/h1-8,16H/b14-12+. The van der Waals surface area contributed by atoms with E-state index in [9.17, 15) is 10.1 Å². The third-order valence-corrected chi connectivity index (χ3v) is 2.37. The van der Waals surface area contributed by atoms with Crippen LogP contribution in [0.25, 0.3) is 0 Å². The first kappa shape index (κ1) is 11.7. The molecule has 90 valence electrons. The maximum atomic E-state index is 10.7. The summed E-state index contributed by atoms with van der Waals surface area (Å²) in [5, 5.41) is 22.9. The number of nitrogens with zero attached hydrogens (tertiary/aromatic N) is 3. The smallest absolute Gasteiger partial charge is 0.270 e. The van der Waals surface area contributed by atoms with E-state index in [4.69, 9.17) is 5.21 Å². The molecule has 0 fully saturated rings. The first-order valence-corrected chi connectivity index (χ1v) is 5.09. The van der Waals surface area contributed by atoms with Crippen LogP contribution in [0.15, 0.2) is 53.9 Å². The molecule has 1 aromatic carbocycles. The summed E-state index contributed by atoms with van der Waals surface area (Å²) in [5.41, 5.74) is 1.23. The molecule has 6 nitrogen and oxygen atoms in total. The van der Waals surface area contributed by atoms with E-state index in [-0.39, 0.29) is 11.4 Å². The molecule has 0 bridgehead atoms. The Bertz CT molecular complexity index is 597. The van der Waals surface area contributed by atoms with Crippen LogP contribution in [0.3, 0.4) is 0 Å². The number of oxime groups is 1. The molecule has 0 unspecified atom stereocenters. The van der Waals surface area contributed by atoms with Crippen molar-refractivity contribution in [3.63, 3.8) is 0 Å². The zero-order valence-corrected chi connectivity index (χ0v) is 9.22. The zero-order chi connectivity index (χ0) is 13.0. The Morgan fingerprint density at radius 1 is 1.28 bits per heavy atom. The Morgan fingerprint density at radius 2 is 2.06 bits per heavy atom. The number of nitro groups is 1. The monoisotopic (exact) mass is 243 g/mol. The minimum absolute atomic E-state index is 0.0578. The minimum atomic E-state index is -0.498. The van der Waals surface area contributed by atoms with Gasteiger partial charge < -0.3 is 5.21 Å². The first-order valence-electron chi connectivity index (χ1n) is 5.09. The molecule has 1 aromatic heterocycles. The van der Waals surface area contributed by atoms with Gasteiger partial charge in [-0.3, -0.25) is 15.1 Å². The predicted molar refractivity (Wildman–Crippen MR) is 64.8 cm³/mol. The van der Waals surface area contributed by atoms with Crippen LogP contribution in [0.1, 0.15) is 11.1 Å². The summed E-state index contributed by atoms with van der Waals surface area (Å²) >= 11 is 0. The van der Waals surface area contributed by atoms with Crippen molar-refractivity contribution in [1.82, 2.24) is 4.98 Å². The molecule has 18 heavy (non-hydrogen) atoms. The molecule has 0 aliphatic heterocycles. The molecular formula is C12H9N3O3. The number of pyridine rings is 1. The fourth-order valence-electron chi connectivity index (χ4n) is 1.55. The Hall–Kier alpha value is -2.76. The molecule has 0 atom stereocenters. The van der Waals surface area contributed by atoms with Gasteiger partial charge in [-0.25, -0.2) is 0 Å². The Kier molecular flexibility index (Phi) is 3.29. The topological polar surface area (TPSA) is 88.6 Å². The molecule has 0 aliphatic carbocycles. The van der Waals surface area contributed by atoms with E-state index in [0.717, 1.165) is 0 Å². The highest BCUT2D eigenvalue weighted by Gasteiger charge is 2.12. The van der Waals surface area contributed by atoms with Crippen molar-refractivity contribution in [1.29, 1.82) is 0 Å². The molecule has 0 saturated heterocycles. The predicted octanol–water partition coefficient (Wildman–Crippen LogP) is 2.22. The van der Waals surface area contributed by atoms with Gasteiger partial charge in [0.15, 0.2) is 0 Å². The van der Waals surface area contributed by atoms with Crippen LogP contribution in [0.5, 0.6) is 0 Å². The third kappa shape index (κ3) is 2.32. The largest absolute Gasteiger partial charge is 0.410 e. The highest BCUT2D eigenvalue weighted by atomic mass is 16.6. The summed E-state index contributed by atoms with van der Waals surface area (Å²) < 4.78 is 0. The molecule has 0 spiro atoms. The summed E-state index contributed by atoms with van der Waals surface area (Å²) in [4.78, 5) is 14.1. The normalized spacial score (nSPS) is 11.2. The summed E-state index contributed by atoms with van der Waals surface area (Å²) in [5.74, 6) is 0. The van der Waals surface area contributed by atoms with Crippen LogP contribution in [0.2, 0.25) is 0 Å².